The van der Waals surface area contributed by atoms with Crippen LogP contribution in [-0.2, 0) is 16.1 Å². The fourth-order valence-corrected chi connectivity index (χ4v) is 3.43. The Labute approximate surface area is 176 Å². The molecule has 1 saturated heterocycles. The quantitative estimate of drug-likeness (QED) is 0.681. The normalized spacial score (nSPS) is 14.4. The van der Waals surface area contributed by atoms with Gasteiger partial charge in [0.15, 0.2) is 0 Å². The van der Waals surface area contributed by atoms with Gasteiger partial charge in [-0.25, -0.2) is 9.97 Å². The highest BCUT2D eigenvalue weighted by molar-refractivity contribution is 5.80. The first-order valence-corrected chi connectivity index (χ1v) is 10.1. The largest absolute Gasteiger partial charge is 0.379 e. The van der Waals surface area contributed by atoms with Gasteiger partial charge in [0.05, 0.1) is 25.5 Å². The van der Waals surface area contributed by atoms with Gasteiger partial charge in [0.25, 0.3) is 0 Å². The van der Waals surface area contributed by atoms with Gasteiger partial charge >= 0.3 is 0 Å². The van der Waals surface area contributed by atoms with Crippen LogP contribution in [0.3, 0.4) is 0 Å². The van der Waals surface area contributed by atoms with E-state index >= 15 is 0 Å². The highest BCUT2D eigenvalue weighted by Gasteiger charge is 2.14. The predicted molar refractivity (Wildman–Crippen MR) is 115 cm³/mol. The number of ether oxygens (including phenoxy) is 1. The standard InChI is InChI=1S/C23H25N5O2/c1-17-25-15-21(19-6-8-24-9-7-19)23(27-17)20-4-2-18(3-5-20)14-26-22(29)16-28-10-12-30-13-11-28/h2-9,15H,10-14,16H2,1H3,(H,26,29). The minimum absolute atomic E-state index is 0.0346. The van der Waals surface area contributed by atoms with Crippen LogP contribution in [0.25, 0.3) is 22.4 Å². The molecule has 1 aliphatic rings. The molecule has 0 spiro atoms. The van der Waals surface area contributed by atoms with Crippen LogP contribution in [0.1, 0.15) is 11.4 Å². The molecule has 0 radical (unpaired) electrons. The predicted octanol–water partition coefficient (Wildman–Crippen LogP) is 2.46. The van der Waals surface area contributed by atoms with Crippen molar-refractivity contribution in [2.45, 2.75) is 13.5 Å². The maximum Gasteiger partial charge on any atom is 0.234 e. The number of rotatable bonds is 6. The van der Waals surface area contributed by atoms with Gasteiger partial charge in [-0.2, -0.15) is 0 Å². The molecular weight excluding hydrogens is 378 g/mol. The number of nitrogens with zero attached hydrogens (tertiary/aromatic N) is 4. The first-order valence-electron chi connectivity index (χ1n) is 10.1. The summed E-state index contributed by atoms with van der Waals surface area (Å²) >= 11 is 0. The zero-order chi connectivity index (χ0) is 20.8. The Hall–Kier alpha value is -3.16. The number of carbonyl (C=O) groups is 1. The second-order valence-corrected chi connectivity index (χ2v) is 7.28. The molecule has 154 valence electrons. The third kappa shape index (κ3) is 5.06. The number of hydrogen-bond donors (Lipinski definition) is 1. The van der Waals surface area contributed by atoms with Crippen LogP contribution < -0.4 is 5.32 Å². The van der Waals surface area contributed by atoms with Crippen molar-refractivity contribution >= 4 is 5.91 Å². The van der Waals surface area contributed by atoms with Gasteiger partial charge in [-0.05, 0) is 30.2 Å². The fraction of sp³-hybridized carbons (Fsp3) is 0.304. The number of aryl methyl sites for hydroxylation is 1. The molecule has 7 nitrogen and oxygen atoms in total. The number of aromatic nitrogens is 3. The van der Waals surface area contributed by atoms with Crippen molar-refractivity contribution in [3.05, 3.63) is 66.4 Å². The Morgan fingerprint density at radius 1 is 1.07 bits per heavy atom. The van der Waals surface area contributed by atoms with Crippen molar-refractivity contribution in [3.8, 4) is 22.4 Å². The lowest BCUT2D eigenvalue weighted by Crippen LogP contribution is -2.43. The molecule has 1 aromatic carbocycles. The number of amides is 1. The van der Waals surface area contributed by atoms with E-state index < -0.39 is 0 Å². The zero-order valence-electron chi connectivity index (χ0n) is 17.0. The van der Waals surface area contributed by atoms with Crippen LogP contribution in [-0.4, -0.2) is 58.6 Å². The molecule has 0 atom stereocenters. The van der Waals surface area contributed by atoms with Gasteiger partial charge in [-0.3, -0.25) is 14.7 Å². The molecule has 7 heteroatoms. The second kappa shape index (κ2) is 9.56. The van der Waals surface area contributed by atoms with Crippen molar-refractivity contribution < 1.29 is 9.53 Å². The Morgan fingerprint density at radius 3 is 2.53 bits per heavy atom. The number of hydrogen-bond acceptors (Lipinski definition) is 6. The maximum atomic E-state index is 12.2. The van der Waals surface area contributed by atoms with Gasteiger partial charge < -0.3 is 10.1 Å². The summed E-state index contributed by atoms with van der Waals surface area (Å²) in [7, 11) is 0. The van der Waals surface area contributed by atoms with Crippen molar-refractivity contribution in [2.24, 2.45) is 0 Å². The molecular formula is C23H25N5O2. The molecule has 1 amide bonds. The second-order valence-electron chi connectivity index (χ2n) is 7.28. The molecule has 0 bridgehead atoms. The summed E-state index contributed by atoms with van der Waals surface area (Å²) in [6, 6.07) is 12.0. The van der Waals surface area contributed by atoms with E-state index in [0.717, 1.165) is 46.9 Å². The van der Waals surface area contributed by atoms with E-state index in [1.54, 1.807) is 12.4 Å². The lowest BCUT2D eigenvalue weighted by Gasteiger charge is -2.25. The van der Waals surface area contributed by atoms with Gasteiger partial charge in [-0.15, -0.1) is 0 Å². The van der Waals surface area contributed by atoms with Crippen LogP contribution in [0.2, 0.25) is 0 Å². The topological polar surface area (TPSA) is 80.2 Å². The van der Waals surface area contributed by atoms with E-state index in [9.17, 15) is 4.79 Å². The van der Waals surface area contributed by atoms with Crippen molar-refractivity contribution in [1.82, 2.24) is 25.2 Å². The number of carbonyl (C=O) groups excluding carboxylic acids is 1. The van der Waals surface area contributed by atoms with E-state index in [1.807, 2.05) is 49.5 Å². The highest BCUT2D eigenvalue weighted by Crippen LogP contribution is 2.29. The minimum atomic E-state index is 0.0346. The van der Waals surface area contributed by atoms with E-state index in [4.69, 9.17) is 4.74 Å². The SMILES string of the molecule is Cc1ncc(-c2ccncc2)c(-c2ccc(CNC(=O)CN3CCOCC3)cc2)n1. The van der Waals surface area contributed by atoms with Crippen LogP contribution in [0.4, 0.5) is 0 Å². The highest BCUT2D eigenvalue weighted by atomic mass is 16.5. The summed E-state index contributed by atoms with van der Waals surface area (Å²) in [6.07, 6.45) is 5.39. The molecule has 0 saturated carbocycles. The molecule has 0 unspecified atom stereocenters. The Balaban J connectivity index is 1.44. The molecule has 0 aliphatic carbocycles. The van der Waals surface area contributed by atoms with E-state index in [1.165, 1.54) is 0 Å². The van der Waals surface area contributed by atoms with Crippen molar-refractivity contribution in [2.75, 3.05) is 32.8 Å². The molecule has 3 heterocycles. The third-order valence-electron chi connectivity index (χ3n) is 5.09. The third-order valence-corrected chi connectivity index (χ3v) is 5.09. The van der Waals surface area contributed by atoms with E-state index in [-0.39, 0.29) is 5.91 Å². The van der Waals surface area contributed by atoms with Gasteiger partial charge in [0.2, 0.25) is 5.91 Å². The Bertz CT molecular complexity index is 986. The number of nitrogens with one attached hydrogen (secondary N) is 1. The van der Waals surface area contributed by atoms with E-state index in [2.05, 4.69) is 25.2 Å². The summed E-state index contributed by atoms with van der Waals surface area (Å²) < 4.78 is 5.32. The minimum Gasteiger partial charge on any atom is -0.379 e. The van der Waals surface area contributed by atoms with Crippen molar-refractivity contribution in [1.29, 1.82) is 0 Å². The van der Waals surface area contributed by atoms with E-state index in [0.29, 0.717) is 26.3 Å². The van der Waals surface area contributed by atoms with Gasteiger partial charge in [0.1, 0.15) is 5.82 Å². The first kappa shape index (κ1) is 20.1. The Morgan fingerprint density at radius 2 is 1.80 bits per heavy atom. The number of benzene rings is 1. The summed E-state index contributed by atoms with van der Waals surface area (Å²) in [5, 5.41) is 3.00. The lowest BCUT2D eigenvalue weighted by atomic mass is 10.0. The van der Waals surface area contributed by atoms with Crippen LogP contribution in [0.5, 0.6) is 0 Å². The summed E-state index contributed by atoms with van der Waals surface area (Å²) in [5.41, 5.74) is 4.94. The average molecular weight is 403 g/mol. The van der Waals surface area contributed by atoms with Gasteiger partial charge in [-0.1, -0.05) is 24.3 Å². The zero-order valence-corrected chi connectivity index (χ0v) is 17.0. The fourth-order valence-electron chi connectivity index (χ4n) is 3.43. The van der Waals surface area contributed by atoms with Gasteiger partial charge in [0, 0.05) is 49.4 Å². The first-order chi connectivity index (χ1) is 14.7. The molecule has 2 aromatic heterocycles. The monoisotopic (exact) mass is 403 g/mol. The van der Waals surface area contributed by atoms with Crippen molar-refractivity contribution in [3.63, 3.8) is 0 Å². The van der Waals surface area contributed by atoms with Crippen LogP contribution >= 0.6 is 0 Å². The maximum absolute atomic E-state index is 12.2. The smallest absolute Gasteiger partial charge is 0.234 e. The lowest BCUT2D eigenvalue weighted by molar-refractivity contribution is -0.123. The molecule has 1 fully saturated rings. The summed E-state index contributed by atoms with van der Waals surface area (Å²) in [6.45, 7) is 5.80. The molecule has 30 heavy (non-hydrogen) atoms. The molecule has 1 N–H and O–H groups in total. The Kier molecular flexibility index (Phi) is 6.41. The number of morpholine rings is 1. The number of pyridine rings is 1. The van der Waals surface area contributed by atoms with Crippen LogP contribution in [0, 0.1) is 6.92 Å². The molecule has 3 aromatic rings. The average Bonchev–Trinajstić information content (AvgIpc) is 2.79. The summed E-state index contributed by atoms with van der Waals surface area (Å²) in [5.74, 6) is 0.759. The summed E-state index contributed by atoms with van der Waals surface area (Å²) in [4.78, 5) is 27.4. The molecule has 4 rings (SSSR count). The van der Waals surface area contributed by atoms with Crippen LogP contribution in [0.15, 0.2) is 55.0 Å². The molecule has 1 aliphatic heterocycles.